The Bertz CT molecular complexity index is 561. The van der Waals surface area contributed by atoms with Gasteiger partial charge in [-0.2, -0.15) is 0 Å². The summed E-state index contributed by atoms with van der Waals surface area (Å²) in [5.74, 6) is 0.664. The zero-order valence-electron chi connectivity index (χ0n) is 9.94. The van der Waals surface area contributed by atoms with Crippen molar-refractivity contribution in [3.63, 3.8) is 0 Å². The minimum Gasteiger partial charge on any atom is -0.504 e. The largest absolute Gasteiger partial charge is 0.504 e. The summed E-state index contributed by atoms with van der Waals surface area (Å²) in [7, 11) is 1.52. The molecule has 17 heavy (non-hydrogen) atoms. The molecule has 90 valence electrons. The van der Waals surface area contributed by atoms with E-state index < -0.39 is 0 Å². The summed E-state index contributed by atoms with van der Waals surface area (Å²) in [5, 5.41) is 13.7. The third-order valence-electron chi connectivity index (χ3n) is 2.86. The zero-order chi connectivity index (χ0) is 12.6. The molecule has 0 radical (unpaired) electrons. The molecule has 0 aliphatic rings. The van der Waals surface area contributed by atoms with Gasteiger partial charge in [-0.05, 0) is 31.0 Å². The van der Waals surface area contributed by atoms with Crippen LogP contribution in [0.25, 0.3) is 11.1 Å². The molecule has 5 heteroatoms. The molecular weight excluding hydrogens is 220 g/mol. The Morgan fingerprint density at radius 1 is 1.35 bits per heavy atom. The van der Waals surface area contributed by atoms with Gasteiger partial charge in [0.1, 0.15) is 0 Å². The maximum absolute atomic E-state index is 10.1. The molecule has 0 spiro atoms. The minimum absolute atomic E-state index is 0.0468. The van der Waals surface area contributed by atoms with Crippen LogP contribution in [0.1, 0.15) is 11.1 Å². The SMILES string of the molecule is COc1c(C)c(C)cc(-c2cnoc2N)c1O. The normalized spacial score (nSPS) is 10.5. The summed E-state index contributed by atoms with van der Waals surface area (Å²) in [6.45, 7) is 3.82. The van der Waals surface area contributed by atoms with Crippen molar-refractivity contribution in [2.45, 2.75) is 13.8 Å². The van der Waals surface area contributed by atoms with Crippen LogP contribution >= 0.6 is 0 Å². The lowest BCUT2D eigenvalue weighted by Gasteiger charge is -2.13. The van der Waals surface area contributed by atoms with Crippen LogP contribution in [0.15, 0.2) is 16.8 Å². The molecule has 0 saturated carbocycles. The number of nitrogens with zero attached hydrogens (tertiary/aromatic N) is 1. The number of aromatic hydroxyl groups is 1. The molecule has 0 amide bonds. The first-order valence-corrected chi connectivity index (χ1v) is 5.14. The van der Waals surface area contributed by atoms with Gasteiger partial charge in [0.2, 0.25) is 5.88 Å². The van der Waals surface area contributed by atoms with Crippen molar-refractivity contribution < 1.29 is 14.4 Å². The van der Waals surface area contributed by atoms with Crippen LogP contribution in [-0.2, 0) is 0 Å². The molecular formula is C12H14N2O3. The fourth-order valence-electron chi connectivity index (χ4n) is 1.78. The van der Waals surface area contributed by atoms with E-state index in [1.54, 1.807) is 0 Å². The number of phenolic OH excluding ortho intramolecular Hbond substituents is 1. The van der Waals surface area contributed by atoms with Gasteiger partial charge in [0, 0.05) is 5.56 Å². The standard InChI is InChI=1S/C12H14N2O3/c1-6-4-8(9-5-14-17-12(9)13)10(15)11(16-3)7(6)2/h4-5,15H,13H2,1-3H3. The number of phenols is 1. The Labute approximate surface area is 98.8 Å². The number of nitrogen functional groups attached to an aromatic ring is 1. The molecule has 0 bridgehead atoms. The second-order valence-electron chi connectivity index (χ2n) is 3.85. The molecule has 2 rings (SSSR count). The summed E-state index contributed by atoms with van der Waals surface area (Å²) < 4.78 is 9.99. The molecule has 0 aliphatic heterocycles. The van der Waals surface area contributed by atoms with E-state index in [9.17, 15) is 5.11 Å². The van der Waals surface area contributed by atoms with Crippen LogP contribution < -0.4 is 10.5 Å². The van der Waals surface area contributed by atoms with Gasteiger partial charge in [-0.15, -0.1) is 0 Å². The van der Waals surface area contributed by atoms with Crippen LogP contribution in [0.4, 0.5) is 5.88 Å². The predicted molar refractivity (Wildman–Crippen MR) is 64.0 cm³/mol. The topological polar surface area (TPSA) is 81.5 Å². The zero-order valence-corrected chi connectivity index (χ0v) is 9.94. The Morgan fingerprint density at radius 2 is 2.06 bits per heavy atom. The second-order valence-corrected chi connectivity index (χ2v) is 3.85. The maximum Gasteiger partial charge on any atom is 0.230 e. The van der Waals surface area contributed by atoms with E-state index in [0.29, 0.717) is 16.9 Å². The molecule has 0 unspecified atom stereocenters. The molecule has 0 atom stereocenters. The summed E-state index contributed by atoms with van der Waals surface area (Å²) in [6.07, 6.45) is 1.47. The number of anilines is 1. The summed E-state index contributed by atoms with van der Waals surface area (Å²) in [4.78, 5) is 0. The number of methoxy groups -OCH3 is 1. The predicted octanol–water partition coefficient (Wildman–Crippen LogP) is 2.25. The van der Waals surface area contributed by atoms with Crippen LogP contribution in [0.5, 0.6) is 11.5 Å². The molecule has 0 saturated heterocycles. The second kappa shape index (κ2) is 4.01. The highest BCUT2D eigenvalue weighted by molar-refractivity contribution is 5.80. The highest BCUT2D eigenvalue weighted by Gasteiger charge is 2.18. The monoisotopic (exact) mass is 234 g/mol. The number of hydrogen-bond acceptors (Lipinski definition) is 5. The van der Waals surface area contributed by atoms with E-state index in [4.69, 9.17) is 15.0 Å². The number of ether oxygens (including phenoxy) is 1. The molecule has 1 aromatic carbocycles. The smallest absolute Gasteiger partial charge is 0.230 e. The Morgan fingerprint density at radius 3 is 2.59 bits per heavy atom. The molecule has 1 heterocycles. The molecule has 3 N–H and O–H groups in total. The van der Waals surface area contributed by atoms with E-state index in [-0.39, 0.29) is 11.6 Å². The Hall–Kier alpha value is -2.17. The van der Waals surface area contributed by atoms with E-state index in [1.807, 2.05) is 19.9 Å². The highest BCUT2D eigenvalue weighted by Crippen LogP contribution is 2.42. The first-order valence-electron chi connectivity index (χ1n) is 5.14. The van der Waals surface area contributed by atoms with Crippen LogP contribution in [-0.4, -0.2) is 17.4 Å². The molecule has 1 aromatic heterocycles. The van der Waals surface area contributed by atoms with Crippen molar-refractivity contribution in [1.82, 2.24) is 5.16 Å². The lowest BCUT2D eigenvalue weighted by Crippen LogP contribution is -1.94. The summed E-state index contributed by atoms with van der Waals surface area (Å²) in [6, 6.07) is 1.83. The van der Waals surface area contributed by atoms with Crippen molar-refractivity contribution in [3.05, 3.63) is 23.4 Å². The summed E-state index contributed by atoms with van der Waals surface area (Å²) in [5.41, 5.74) is 8.65. The van der Waals surface area contributed by atoms with E-state index in [1.165, 1.54) is 13.3 Å². The third-order valence-corrected chi connectivity index (χ3v) is 2.86. The average molecular weight is 234 g/mol. The van der Waals surface area contributed by atoms with Gasteiger partial charge >= 0.3 is 0 Å². The van der Waals surface area contributed by atoms with Gasteiger partial charge in [-0.25, -0.2) is 0 Å². The molecule has 0 fully saturated rings. The lowest BCUT2D eigenvalue weighted by atomic mass is 10.00. The van der Waals surface area contributed by atoms with Gasteiger partial charge < -0.3 is 20.1 Å². The number of benzene rings is 1. The quantitative estimate of drug-likeness (QED) is 0.832. The lowest BCUT2D eigenvalue weighted by molar-refractivity contribution is 0.371. The van der Waals surface area contributed by atoms with Gasteiger partial charge in [0.05, 0.1) is 18.9 Å². The van der Waals surface area contributed by atoms with Gasteiger partial charge in [0.15, 0.2) is 11.5 Å². The van der Waals surface area contributed by atoms with E-state index >= 15 is 0 Å². The Balaban J connectivity index is 2.72. The summed E-state index contributed by atoms with van der Waals surface area (Å²) >= 11 is 0. The van der Waals surface area contributed by atoms with E-state index in [2.05, 4.69) is 5.16 Å². The van der Waals surface area contributed by atoms with Gasteiger partial charge in [-0.1, -0.05) is 5.16 Å². The average Bonchev–Trinajstić information content (AvgIpc) is 2.71. The first kappa shape index (κ1) is 11.3. The van der Waals surface area contributed by atoms with Crippen molar-refractivity contribution in [2.75, 3.05) is 12.8 Å². The fraction of sp³-hybridized carbons (Fsp3) is 0.250. The minimum atomic E-state index is 0.0468. The number of rotatable bonds is 2. The van der Waals surface area contributed by atoms with Gasteiger partial charge in [0.25, 0.3) is 0 Å². The number of aromatic nitrogens is 1. The van der Waals surface area contributed by atoms with Crippen LogP contribution in [0.3, 0.4) is 0 Å². The van der Waals surface area contributed by atoms with Crippen molar-refractivity contribution in [3.8, 4) is 22.6 Å². The maximum atomic E-state index is 10.1. The van der Waals surface area contributed by atoms with Crippen molar-refractivity contribution in [2.24, 2.45) is 0 Å². The van der Waals surface area contributed by atoms with Gasteiger partial charge in [-0.3, -0.25) is 0 Å². The van der Waals surface area contributed by atoms with Crippen LogP contribution in [0, 0.1) is 13.8 Å². The first-order chi connectivity index (χ1) is 8.06. The van der Waals surface area contributed by atoms with Crippen molar-refractivity contribution in [1.29, 1.82) is 0 Å². The molecule has 5 nitrogen and oxygen atoms in total. The molecule has 2 aromatic rings. The van der Waals surface area contributed by atoms with Crippen molar-refractivity contribution >= 4 is 5.88 Å². The number of hydrogen-bond donors (Lipinski definition) is 2. The molecule has 0 aliphatic carbocycles. The highest BCUT2D eigenvalue weighted by atomic mass is 16.5. The number of aryl methyl sites for hydroxylation is 1. The fourth-order valence-corrected chi connectivity index (χ4v) is 1.78. The van der Waals surface area contributed by atoms with E-state index in [0.717, 1.165) is 11.1 Å². The Kier molecular flexibility index (Phi) is 2.67. The third kappa shape index (κ3) is 1.69. The number of nitrogens with two attached hydrogens (primary N) is 1. The van der Waals surface area contributed by atoms with Crippen LogP contribution in [0.2, 0.25) is 0 Å².